The largest absolute Gasteiger partial charge is 0.465 e. The average Bonchev–Trinajstić information content (AvgIpc) is 2.93. The molecule has 2 heterocycles. The summed E-state index contributed by atoms with van der Waals surface area (Å²) in [6.45, 7) is 1.62. The van der Waals surface area contributed by atoms with Gasteiger partial charge in [0.1, 0.15) is 0 Å². The summed E-state index contributed by atoms with van der Waals surface area (Å²) < 4.78 is 1.10. The van der Waals surface area contributed by atoms with Gasteiger partial charge in [0.25, 0.3) is 0 Å². The highest BCUT2D eigenvalue weighted by Gasteiger charge is 2.34. The predicted molar refractivity (Wildman–Crippen MR) is 102 cm³/mol. The van der Waals surface area contributed by atoms with Gasteiger partial charge in [0, 0.05) is 29.2 Å². The van der Waals surface area contributed by atoms with Crippen LogP contribution in [0.2, 0.25) is 0 Å². The van der Waals surface area contributed by atoms with E-state index >= 15 is 0 Å². The Labute approximate surface area is 177 Å². The van der Waals surface area contributed by atoms with E-state index in [1.165, 1.54) is 18.3 Å². The van der Waals surface area contributed by atoms with E-state index in [1.54, 1.807) is 5.38 Å². The van der Waals surface area contributed by atoms with Gasteiger partial charge < -0.3 is 4.74 Å². The molecule has 0 saturated carbocycles. The number of esters is 1. The zero-order chi connectivity index (χ0) is 18.8. The minimum absolute atomic E-state index is 0.156. The Hall–Kier alpha value is -0.0800. The molecule has 2 aromatic rings. The van der Waals surface area contributed by atoms with Gasteiger partial charge in [-0.15, -0.1) is 11.3 Å². The summed E-state index contributed by atoms with van der Waals surface area (Å²) in [5.41, 5.74) is 0.635. The highest BCUT2D eigenvalue weighted by molar-refractivity contribution is 7.10. The molecule has 25 heavy (non-hydrogen) atoms. The molecule has 5 nitrogen and oxygen atoms in total. The van der Waals surface area contributed by atoms with Crippen molar-refractivity contribution in [3.8, 4) is 11.4 Å². The quantitative estimate of drug-likeness (QED) is 0.432. The molecule has 0 saturated heterocycles. The van der Waals surface area contributed by atoms with E-state index in [0.29, 0.717) is 12.0 Å². The lowest BCUT2D eigenvalue weighted by Crippen LogP contribution is -2.16. The molecule has 0 aromatic carbocycles. The fraction of sp³-hybridized carbons (Fsp3) is 0.385. The van der Waals surface area contributed by atoms with Crippen molar-refractivity contribution in [3.05, 3.63) is 28.0 Å². The van der Waals surface area contributed by atoms with E-state index in [-0.39, 0.29) is 30.0 Å². The molecular formula is C13H9Cl6N3O2S. The minimum Gasteiger partial charge on any atom is -0.465 e. The van der Waals surface area contributed by atoms with Crippen LogP contribution < -0.4 is 0 Å². The number of ether oxygens (including phenoxy) is 1. The summed E-state index contributed by atoms with van der Waals surface area (Å²) in [5, 5.41) is 1.79. The van der Waals surface area contributed by atoms with Crippen LogP contribution in [0.25, 0.3) is 11.4 Å². The molecule has 0 unspecified atom stereocenters. The van der Waals surface area contributed by atoms with Gasteiger partial charge in [-0.2, -0.15) is 0 Å². The van der Waals surface area contributed by atoms with Crippen LogP contribution >= 0.6 is 80.9 Å². The standard InChI is InChI=1S/C13H9Cl6N3O2S/c1-6(23)24-3-2-8-4-7(5-25-8)9-20-10(12(14,15)16)22-11(21-9)13(17,18)19/h4-5H,2-3H2,1H3. The molecule has 0 bridgehead atoms. The maximum atomic E-state index is 10.8. The maximum Gasteiger partial charge on any atom is 0.302 e. The maximum absolute atomic E-state index is 10.8. The summed E-state index contributed by atoms with van der Waals surface area (Å²) in [6, 6.07) is 1.81. The Kier molecular flexibility index (Phi) is 7.04. The second-order valence-corrected chi connectivity index (χ2v) is 10.3. The van der Waals surface area contributed by atoms with Crippen molar-refractivity contribution in [2.45, 2.75) is 20.9 Å². The van der Waals surface area contributed by atoms with Crippen LogP contribution in [0.4, 0.5) is 0 Å². The van der Waals surface area contributed by atoms with Crippen molar-refractivity contribution in [1.82, 2.24) is 15.0 Å². The van der Waals surface area contributed by atoms with E-state index < -0.39 is 7.59 Å². The molecule has 0 aliphatic heterocycles. The number of thiophene rings is 1. The highest BCUT2D eigenvalue weighted by Crippen LogP contribution is 2.41. The molecule has 12 heteroatoms. The first-order valence-electron chi connectivity index (χ1n) is 6.58. The second-order valence-electron chi connectivity index (χ2n) is 4.69. The number of carbonyl (C=O) groups is 1. The monoisotopic (exact) mass is 481 g/mol. The Balaban J connectivity index is 2.35. The van der Waals surface area contributed by atoms with Gasteiger partial charge in [0.2, 0.25) is 7.59 Å². The lowest BCUT2D eigenvalue weighted by atomic mass is 10.2. The molecule has 0 aliphatic carbocycles. The van der Waals surface area contributed by atoms with Crippen LogP contribution in [0.15, 0.2) is 11.4 Å². The van der Waals surface area contributed by atoms with E-state index in [2.05, 4.69) is 15.0 Å². The fourth-order valence-corrected chi connectivity index (χ4v) is 3.04. The Morgan fingerprint density at radius 2 is 1.64 bits per heavy atom. The van der Waals surface area contributed by atoms with Crippen LogP contribution in [0, 0.1) is 0 Å². The predicted octanol–water partition coefficient (Wildman–Crippen LogP) is 5.36. The van der Waals surface area contributed by atoms with Crippen LogP contribution in [0.5, 0.6) is 0 Å². The van der Waals surface area contributed by atoms with E-state index in [4.69, 9.17) is 74.3 Å². The zero-order valence-electron chi connectivity index (χ0n) is 12.4. The first kappa shape index (κ1) is 21.2. The van der Waals surface area contributed by atoms with Crippen LogP contribution in [-0.4, -0.2) is 27.5 Å². The van der Waals surface area contributed by atoms with Crippen LogP contribution in [-0.2, 0) is 23.5 Å². The van der Waals surface area contributed by atoms with Gasteiger partial charge in [-0.05, 0) is 6.07 Å². The van der Waals surface area contributed by atoms with Crippen molar-refractivity contribution in [1.29, 1.82) is 0 Å². The molecule has 0 spiro atoms. The third-order valence-corrected chi connectivity index (χ3v) is 4.72. The van der Waals surface area contributed by atoms with Crippen molar-refractivity contribution in [3.63, 3.8) is 0 Å². The van der Waals surface area contributed by atoms with Gasteiger partial charge >= 0.3 is 5.97 Å². The molecule has 0 aliphatic rings. The van der Waals surface area contributed by atoms with Crippen molar-refractivity contribution in [2.24, 2.45) is 0 Å². The molecule has 2 aromatic heterocycles. The van der Waals surface area contributed by atoms with Crippen LogP contribution in [0.3, 0.4) is 0 Å². The Bertz CT molecular complexity index is 740. The number of halogens is 6. The number of hydrogen-bond acceptors (Lipinski definition) is 6. The number of carbonyl (C=O) groups excluding carboxylic acids is 1. The average molecular weight is 484 g/mol. The summed E-state index contributed by atoms with van der Waals surface area (Å²) in [6.07, 6.45) is 0.546. The first-order chi connectivity index (χ1) is 11.5. The van der Waals surface area contributed by atoms with E-state index in [0.717, 1.165) is 4.88 Å². The molecular weight excluding hydrogens is 475 g/mol. The topological polar surface area (TPSA) is 65.0 Å². The lowest BCUT2D eigenvalue weighted by molar-refractivity contribution is -0.140. The van der Waals surface area contributed by atoms with E-state index in [9.17, 15) is 4.79 Å². The van der Waals surface area contributed by atoms with Crippen LogP contribution in [0.1, 0.15) is 23.4 Å². The molecule has 0 fully saturated rings. The normalized spacial score (nSPS) is 12.3. The summed E-state index contributed by atoms with van der Waals surface area (Å²) in [5.74, 6) is -0.450. The molecule has 0 atom stereocenters. The number of aromatic nitrogens is 3. The van der Waals surface area contributed by atoms with Crippen molar-refractivity contribution < 1.29 is 9.53 Å². The first-order valence-corrected chi connectivity index (χ1v) is 9.73. The molecule has 0 amide bonds. The highest BCUT2D eigenvalue weighted by atomic mass is 35.6. The van der Waals surface area contributed by atoms with Gasteiger partial charge in [-0.25, -0.2) is 15.0 Å². The number of rotatable bonds is 4. The third-order valence-electron chi connectivity index (χ3n) is 2.71. The van der Waals surface area contributed by atoms with Gasteiger partial charge in [-0.1, -0.05) is 69.6 Å². The summed E-state index contributed by atoms with van der Waals surface area (Å²) >= 11 is 36.5. The van der Waals surface area contributed by atoms with Crippen molar-refractivity contribution in [2.75, 3.05) is 6.61 Å². The molecule has 0 radical (unpaired) electrons. The van der Waals surface area contributed by atoms with Crippen molar-refractivity contribution >= 4 is 86.9 Å². The number of alkyl halides is 6. The minimum atomic E-state index is -1.91. The van der Waals surface area contributed by atoms with Gasteiger partial charge in [-0.3, -0.25) is 4.79 Å². The fourth-order valence-electron chi connectivity index (χ4n) is 1.68. The Morgan fingerprint density at radius 1 is 1.08 bits per heavy atom. The Morgan fingerprint density at radius 3 is 2.12 bits per heavy atom. The zero-order valence-corrected chi connectivity index (χ0v) is 17.8. The molecule has 2 rings (SSSR count). The van der Waals surface area contributed by atoms with Gasteiger partial charge in [0.15, 0.2) is 17.5 Å². The number of hydrogen-bond donors (Lipinski definition) is 0. The number of nitrogens with zero attached hydrogens (tertiary/aromatic N) is 3. The smallest absolute Gasteiger partial charge is 0.302 e. The SMILES string of the molecule is CC(=O)OCCc1cc(-c2nc(C(Cl)(Cl)Cl)nc(C(Cl)(Cl)Cl)n2)cs1. The molecule has 0 N–H and O–H groups in total. The van der Waals surface area contributed by atoms with Gasteiger partial charge in [0.05, 0.1) is 6.61 Å². The summed E-state index contributed by atoms with van der Waals surface area (Å²) in [4.78, 5) is 23.9. The third kappa shape index (κ3) is 6.24. The lowest BCUT2D eigenvalue weighted by Gasteiger charge is -2.15. The van der Waals surface area contributed by atoms with E-state index in [1.807, 2.05) is 6.07 Å². The molecule has 136 valence electrons. The summed E-state index contributed by atoms with van der Waals surface area (Å²) in [7, 11) is 0. The second kappa shape index (κ2) is 8.30.